The van der Waals surface area contributed by atoms with Gasteiger partial charge in [0.15, 0.2) is 0 Å². The highest BCUT2D eigenvalue weighted by atomic mass is 32.2. The van der Waals surface area contributed by atoms with Crippen molar-refractivity contribution in [3.8, 4) is 0 Å². The Labute approximate surface area is 112 Å². The molecule has 0 saturated heterocycles. The van der Waals surface area contributed by atoms with Crippen molar-refractivity contribution < 1.29 is 0 Å². The maximum absolute atomic E-state index is 6.24. The van der Waals surface area contributed by atoms with E-state index >= 15 is 0 Å². The van der Waals surface area contributed by atoms with Gasteiger partial charge in [0.2, 0.25) is 0 Å². The van der Waals surface area contributed by atoms with Crippen LogP contribution in [0.3, 0.4) is 0 Å². The van der Waals surface area contributed by atoms with Gasteiger partial charge in [0.25, 0.3) is 0 Å². The average molecular weight is 261 g/mol. The van der Waals surface area contributed by atoms with Gasteiger partial charge >= 0.3 is 0 Å². The zero-order valence-corrected chi connectivity index (χ0v) is 11.7. The lowest BCUT2D eigenvalue weighted by atomic mass is 10.1. The van der Waals surface area contributed by atoms with Crippen LogP contribution in [0.15, 0.2) is 30.5 Å². The molecule has 0 aliphatic rings. The topological polar surface area (TPSA) is 42.2 Å². The zero-order valence-electron chi connectivity index (χ0n) is 10.9. The summed E-state index contributed by atoms with van der Waals surface area (Å²) in [4.78, 5) is 6.54. The number of benzene rings is 1. The molecule has 0 amide bonds. The monoisotopic (exact) mass is 261 g/mol. The predicted molar refractivity (Wildman–Crippen MR) is 82.4 cm³/mol. The summed E-state index contributed by atoms with van der Waals surface area (Å²) in [5, 5.41) is 1.03. The first-order valence-electron chi connectivity index (χ1n) is 6.07. The highest BCUT2D eigenvalue weighted by molar-refractivity contribution is 7.98. The number of pyridine rings is 1. The first-order chi connectivity index (χ1) is 8.74. The Morgan fingerprint density at radius 1 is 1.33 bits per heavy atom. The summed E-state index contributed by atoms with van der Waals surface area (Å²) < 4.78 is 0. The van der Waals surface area contributed by atoms with E-state index in [1.54, 1.807) is 6.20 Å². The summed E-state index contributed by atoms with van der Waals surface area (Å²) in [5.74, 6) is 1.18. The molecule has 0 saturated carbocycles. The number of anilines is 2. The molecule has 2 rings (SSSR count). The Bertz CT molecular complexity index is 527. The molecule has 0 atom stereocenters. The fourth-order valence-corrected chi connectivity index (χ4v) is 2.48. The molecule has 3 nitrogen and oxygen atoms in total. The Hall–Kier alpha value is -1.42. The third-order valence-electron chi connectivity index (χ3n) is 3.06. The number of rotatable bonds is 5. The Morgan fingerprint density at radius 3 is 2.94 bits per heavy atom. The molecule has 0 bridgehead atoms. The summed E-state index contributed by atoms with van der Waals surface area (Å²) in [5.41, 5.74) is 9.11. The zero-order chi connectivity index (χ0) is 13.0. The van der Waals surface area contributed by atoms with Gasteiger partial charge < -0.3 is 10.6 Å². The molecule has 1 aromatic heterocycles. The van der Waals surface area contributed by atoms with Crippen LogP contribution < -0.4 is 10.6 Å². The minimum absolute atomic E-state index is 0.826. The summed E-state index contributed by atoms with van der Waals surface area (Å²) in [6, 6.07) is 8.04. The van der Waals surface area contributed by atoms with Gasteiger partial charge in [-0.3, -0.25) is 4.98 Å². The Balaban J connectivity index is 2.25. The van der Waals surface area contributed by atoms with E-state index in [1.165, 1.54) is 12.2 Å². The van der Waals surface area contributed by atoms with Crippen molar-refractivity contribution in [2.75, 3.05) is 36.2 Å². The van der Waals surface area contributed by atoms with Crippen molar-refractivity contribution >= 4 is 34.0 Å². The van der Waals surface area contributed by atoms with Gasteiger partial charge in [0.05, 0.1) is 16.9 Å². The van der Waals surface area contributed by atoms with Crippen LogP contribution in [0, 0.1) is 0 Å². The van der Waals surface area contributed by atoms with Gasteiger partial charge in [-0.2, -0.15) is 11.8 Å². The smallest absolute Gasteiger partial charge is 0.0724 e. The summed E-state index contributed by atoms with van der Waals surface area (Å²) >= 11 is 1.88. The minimum atomic E-state index is 0.826. The number of nitrogens with two attached hydrogens (primary N) is 1. The fraction of sp³-hybridized carbons (Fsp3) is 0.357. The average Bonchev–Trinajstić information content (AvgIpc) is 2.39. The van der Waals surface area contributed by atoms with E-state index in [0.717, 1.165) is 28.8 Å². The second kappa shape index (κ2) is 5.96. The predicted octanol–water partition coefficient (Wildman–Crippen LogP) is 3.01. The molecule has 0 unspecified atom stereocenters. The number of thioether (sulfide) groups is 1. The number of hydrogen-bond acceptors (Lipinski definition) is 4. The lowest BCUT2D eigenvalue weighted by Gasteiger charge is -2.21. The van der Waals surface area contributed by atoms with Crippen molar-refractivity contribution in [1.29, 1.82) is 0 Å². The number of hydrogen-bond donors (Lipinski definition) is 1. The lowest BCUT2D eigenvalue weighted by molar-refractivity contribution is 0.862. The van der Waals surface area contributed by atoms with Gasteiger partial charge in [0, 0.05) is 25.2 Å². The molecule has 0 aliphatic carbocycles. The first-order valence-corrected chi connectivity index (χ1v) is 7.46. The standard InChI is InChI=1S/C14H19N3S/c1-17(9-4-10-18-2)13-7-6-12-11(14(13)15)5-3-8-16-12/h3,5-8H,4,9-10,15H2,1-2H3. The maximum atomic E-state index is 6.24. The van der Waals surface area contributed by atoms with Gasteiger partial charge in [-0.1, -0.05) is 0 Å². The molecule has 0 spiro atoms. The molecule has 1 aromatic carbocycles. The highest BCUT2D eigenvalue weighted by Gasteiger charge is 2.08. The number of nitrogen functional groups attached to an aromatic ring is 1. The molecule has 1 heterocycles. The van der Waals surface area contributed by atoms with Crippen molar-refractivity contribution in [2.45, 2.75) is 6.42 Å². The van der Waals surface area contributed by atoms with Gasteiger partial charge in [-0.05, 0) is 42.7 Å². The lowest BCUT2D eigenvalue weighted by Crippen LogP contribution is -2.20. The molecular formula is C14H19N3S. The third-order valence-corrected chi connectivity index (χ3v) is 3.75. The molecule has 0 aliphatic heterocycles. The van der Waals surface area contributed by atoms with Crippen LogP contribution in [0.2, 0.25) is 0 Å². The summed E-state index contributed by atoms with van der Waals surface area (Å²) in [6.07, 6.45) is 5.10. The Kier molecular flexibility index (Phi) is 4.31. The van der Waals surface area contributed by atoms with E-state index in [1.807, 2.05) is 30.0 Å². The molecule has 96 valence electrons. The van der Waals surface area contributed by atoms with Crippen LogP contribution in [0.5, 0.6) is 0 Å². The molecule has 18 heavy (non-hydrogen) atoms. The molecule has 0 radical (unpaired) electrons. The maximum Gasteiger partial charge on any atom is 0.0724 e. The number of nitrogens with zero attached hydrogens (tertiary/aromatic N) is 2. The molecule has 2 N–H and O–H groups in total. The van der Waals surface area contributed by atoms with E-state index in [2.05, 4.69) is 29.3 Å². The van der Waals surface area contributed by atoms with Crippen molar-refractivity contribution in [3.63, 3.8) is 0 Å². The first kappa shape index (κ1) is 13.0. The SMILES string of the molecule is CSCCCN(C)c1ccc2ncccc2c1N. The van der Waals surface area contributed by atoms with Crippen LogP contribution in [0.1, 0.15) is 6.42 Å². The van der Waals surface area contributed by atoms with E-state index in [9.17, 15) is 0 Å². The van der Waals surface area contributed by atoms with E-state index < -0.39 is 0 Å². The van der Waals surface area contributed by atoms with Gasteiger partial charge in [-0.25, -0.2) is 0 Å². The third kappa shape index (κ3) is 2.70. The fourth-order valence-electron chi connectivity index (χ4n) is 2.06. The molecular weight excluding hydrogens is 242 g/mol. The largest absolute Gasteiger partial charge is 0.396 e. The van der Waals surface area contributed by atoms with Crippen LogP contribution in [0.25, 0.3) is 10.9 Å². The van der Waals surface area contributed by atoms with E-state index in [-0.39, 0.29) is 0 Å². The van der Waals surface area contributed by atoms with Crippen LogP contribution in [0.4, 0.5) is 11.4 Å². The summed E-state index contributed by atoms with van der Waals surface area (Å²) in [6.45, 7) is 1.02. The highest BCUT2D eigenvalue weighted by Crippen LogP contribution is 2.29. The van der Waals surface area contributed by atoms with Gasteiger partial charge in [-0.15, -0.1) is 0 Å². The summed E-state index contributed by atoms with van der Waals surface area (Å²) in [7, 11) is 2.09. The molecule has 2 aromatic rings. The van der Waals surface area contributed by atoms with Crippen LogP contribution >= 0.6 is 11.8 Å². The van der Waals surface area contributed by atoms with Gasteiger partial charge in [0.1, 0.15) is 0 Å². The van der Waals surface area contributed by atoms with Crippen molar-refractivity contribution in [3.05, 3.63) is 30.5 Å². The number of fused-ring (bicyclic) bond motifs is 1. The number of aromatic nitrogens is 1. The molecule has 0 fully saturated rings. The molecule has 4 heteroatoms. The van der Waals surface area contributed by atoms with Crippen LogP contribution in [-0.4, -0.2) is 30.6 Å². The Morgan fingerprint density at radius 2 is 2.17 bits per heavy atom. The second-order valence-electron chi connectivity index (χ2n) is 4.34. The minimum Gasteiger partial charge on any atom is -0.396 e. The van der Waals surface area contributed by atoms with Crippen molar-refractivity contribution in [1.82, 2.24) is 4.98 Å². The normalized spacial score (nSPS) is 10.8. The quantitative estimate of drug-likeness (QED) is 0.663. The van der Waals surface area contributed by atoms with Crippen molar-refractivity contribution in [2.24, 2.45) is 0 Å². The van der Waals surface area contributed by atoms with E-state index in [0.29, 0.717) is 0 Å². The second-order valence-corrected chi connectivity index (χ2v) is 5.32. The van der Waals surface area contributed by atoms with Crippen LogP contribution in [-0.2, 0) is 0 Å². The van der Waals surface area contributed by atoms with E-state index in [4.69, 9.17) is 5.73 Å².